The lowest BCUT2D eigenvalue weighted by atomic mass is 10.1. The van der Waals surface area contributed by atoms with Crippen LogP contribution in [0.2, 0.25) is 0 Å². The maximum Gasteiger partial charge on any atom is 0.101 e. The Kier molecular flexibility index (Phi) is 4.69. The van der Waals surface area contributed by atoms with E-state index in [1.807, 2.05) is 12.3 Å². The molecule has 0 amide bonds. The fourth-order valence-electron chi connectivity index (χ4n) is 2.89. The van der Waals surface area contributed by atoms with Crippen LogP contribution in [-0.2, 0) is 0 Å². The minimum atomic E-state index is 0.756. The molecule has 1 aliphatic heterocycles. The quantitative estimate of drug-likeness (QED) is 0.779. The first kappa shape index (κ1) is 15.4. The molecule has 1 saturated heterocycles. The van der Waals surface area contributed by atoms with Crippen LogP contribution < -0.4 is 4.90 Å². The molecule has 0 aliphatic carbocycles. The number of nitriles is 1. The van der Waals surface area contributed by atoms with E-state index in [0.29, 0.717) is 0 Å². The zero-order valence-electron chi connectivity index (χ0n) is 12.6. The summed E-state index contributed by atoms with van der Waals surface area (Å²) in [5.41, 5.74) is 3.94. The van der Waals surface area contributed by atoms with Gasteiger partial charge in [-0.15, -0.1) is 0 Å². The van der Waals surface area contributed by atoms with Gasteiger partial charge in [0.2, 0.25) is 0 Å². The molecule has 4 nitrogen and oxygen atoms in total. The molecule has 1 fully saturated rings. The van der Waals surface area contributed by atoms with Crippen LogP contribution in [0.25, 0.3) is 11.3 Å². The summed E-state index contributed by atoms with van der Waals surface area (Å²) in [4.78, 5) is 7.94. The van der Waals surface area contributed by atoms with Crippen LogP contribution in [0.5, 0.6) is 0 Å². The van der Waals surface area contributed by atoms with Crippen molar-refractivity contribution in [3.8, 4) is 17.3 Å². The minimum Gasteiger partial charge on any atom is -0.369 e. The van der Waals surface area contributed by atoms with Crippen LogP contribution >= 0.6 is 22.6 Å². The molecule has 2 heterocycles. The SMILES string of the molecule is CN1CCCN(c2ccc(-c3cc(I)c[nH]3)cc2C#N)CC1. The molecule has 1 aliphatic rings. The third kappa shape index (κ3) is 3.28. The van der Waals surface area contributed by atoms with Gasteiger partial charge in [0, 0.05) is 35.1 Å². The molecule has 3 rings (SSSR count). The fourth-order valence-corrected chi connectivity index (χ4v) is 3.36. The standard InChI is InChI=1S/C17H19IN4/c1-21-5-2-6-22(8-7-21)17-4-3-13(9-14(17)11-19)16-10-15(18)12-20-16/h3-4,9-10,12,20H,2,5-8H2,1H3. The Morgan fingerprint density at radius 2 is 2.05 bits per heavy atom. The number of halogens is 1. The number of nitrogens with zero attached hydrogens (tertiary/aromatic N) is 3. The summed E-state index contributed by atoms with van der Waals surface area (Å²) in [6.45, 7) is 4.16. The Balaban J connectivity index is 1.91. The van der Waals surface area contributed by atoms with E-state index >= 15 is 0 Å². The first-order valence-corrected chi connectivity index (χ1v) is 8.57. The smallest absolute Gasteiger partial charge is 0.101 e. The molecule has 0 unspecified atom stereocenters. The van der Waals surface area contributed by atoms with Gasteiger partial charge in [-0.1, -0.05) is 6.07 Å². The molecular weight excluding hydrogens is 387 g/mol. The number of benzene rings is 1. The summed E-state index contributed by atoms with van der Waals surface area (Å²) in [5.74, 6) is 0. The molecular formula is C17H19IN4. The number of hydrogen-bond acceptors (Lipinski definition) is 3. The summed E-state index contributed by atoms with van der Waals surface area (Å²) in [7, 11) is 2.16. The second kappa shape index (κ2) is 6.71. The molecule has 0 radical (unpaired) electrons. The monoisotopic (exact) mass is 406 g/mol. The second-order valence-electron chi connectivity index (χ2n) is 5.72. The maximum atomic E-state index is 9.55. The Morgan fingerprint density at radius 3 is 2.77 bits per heavy atom. The highest BCUT2D eigenvalue weighted by Gasteiger charge is 2.16. The van der Waals surface area contributed by atoms with E-state index in [0.717, 1.165) is 55.1 Å². The van der Waals surface area contributed by atoms with E-state index in [1.54, 1.807) is 0 Å². The van der Waals surface area contributed by atoms with Crippen LogP contribution in [0, 0.1) is 14.9 Å². The van der Waals surface area contributed by atoms with Crippen LogP contribution in [0.3, 0.4) is 0 Å². The summed E-state index contributed by atoms with van der Waals surface area (Å²) < 4.78 is 1.17. The maximum absolute atomic E-state index is 9.55. The number of likely N-dealkylation sites (N-methyl/N-ethyl adjacent to an activating group) is 1. The molecule has 0 saturated carbocycles. The Morgan fingerprint density at radius 1 is 1.18 bits per heavy atom. The van der Waals surface area contributed by atoms with Gasteiger partial charge in [0.1, 0.15) is 6.07 Å². The zero-order valence-corrected chi connectivity index (χ0v) is 14.8. The van der Waals surface area contributed by atoms with Crippen LogP contribution in [0.1, 0.15) is 12.0 Å². The average molecular weight is 406 g/mol. The van der Waals surface area contributed by atoms with Crippen molar-refractivity contribution >= 4 is 28.3 Å². The van der Waals surface area contributed by atoms with Crippen LogP contribution in [0.4, 0.5) is 5.69 Å². The number of nitrogens with one attached hydrogen (secondary N) is 1. The number of hydrogen-bond donors (Lipinski definition) is 1. The number of anilines is 1. The van der Waals surface area contributed by atoms with E-state index in [4.69, 9.17) is 0 Å². The van der Waals surface area contributed by atoms with Crippen molar-refractivity contribution in [3.63, 3.8) is 0 Å². The van der Waals surface area contributed by atoms with Gasteiger partial charge >= 0.3 is 0 Å². The molecule has 22 heavy (non-hydrogen) atoms. The normalized spacial score (nSPS) is 16.3. The number of aromatic nitrogens is 1. The zero-order chi connectivity index (χ0) is 15.5. The van der Waals surface area contributed by atoms with E-state index in [1.165, 1.54) is 3.57 Å². The predicted molar refractivity (Wildman–Crippen MR) is 98.0 cm³/mol. The highest BCUT2D eigenvalue weighted by atomic mass is 127. The molecule has 0 spiro atoms. The van der Waals surface area contributed by atoms with E-state index in [2.05, 4.69) is 68.7 Å². The summed E-state index contributed by atoms with van der Waals surface area (Å²) in [6.07, 6.45) is 3.11. The molecule has 0 atom stereocenters. The predicted octanol–water partition coefficient (Wildman–Crippen LogP) is 3.30. The van der Waals surface area contributed by atoms with Gasteiger partial charge in [0.25, 0.3) is 0 Å². The van der Waals surface area contributed by atoms with Crippen molar-refractivity contribution in [2.24, 2.45) is 0 Å². The summed E-state index contributed by atoms with van der Waals surface area (Å²) >= 11 is 2.28. The third-order valence-corrected chi connectivity index (χ3v) is 4.76. The van der Waals surface area contributed by atoms with Crippen molar-refractivity contribution in [2.45, 2.75) is 6.42 Å². The largest absolute Gasteiger partial charge is 0.369 e. The van der Waals surface area contributed by atoms with Crippen molar-refractivity contribution in [1.82, 2.24) is 9.88 Å². The Hall–Kier alpha value is -1.52. The lowest BCUT2D eigenvalue weighted by Gasteiger charge is -2.24. The lowest BCUT2D eigenvalue weighted by Crippen LogP contribution is -2.29. The van der Waals surface area contributed by atoms with Gasteiger partial charge in [-0.3, -0.25) is 0 Å². The first-order valence-electron chi connectivity index (χ1n) is 7.49. The molecule has 0 bridgehead atoms. The molecule has 2 aromatic rings. The average Bonchev–Trinajstić information content (AvgIpc) is 2.85. The molecule has 1 aromatic heterocycles. The molecule has 1 N–H and O–H groups in total. The lowest BCUT2D eigenvalue weighted by molar-refractivity contribution is 0.360. The van der Waals surface area contributed by atoms with Crippen molar-refractivity contribution in [3.05, 3.63) is 39.6 Å². The fraction of sp³-hybridized carbons (Fsp3) is 0.353. The van der Waals surface area contributed by atoms with Crippen molar-refractivity contribution in [1.29, 1.82) is 5.26 Å². The highest BCUT2D eigenvalue weighted by Crippen LogP contribution is 2.28. The Labute approximate surface area is 144 Å². The minimum absolute atomic E-state index is 0.756. The second-order valence-corrected chi connectivity index (χ2v) is 6.96. The summed E-state index contributed by atoms with van der Waals surface area (Å²) in [5, 5.41) is 9.55. The summed E-state index contributed by atoms with van der Waals surface area (Å²) in [6, 6.07) is 10.7. The van der Waals surface area contributed by atoms with Gasteiger partial charge < -0.3 is 14.8 Å². The van der Waals surface area contributed by atoms with Crippen molar-refractivity contribution in [2.75, 3.05) is 38.1 Å². The van der Waals surface area contributed by atoms with Gasteiger partial charge in [0.15, 0.2) is 0 Å². The topological polar surface area (TPSA) is 46.1 Å². The Bertz CT molecular complexity index is 701. The van der Waals surface area contributed by atoms with Gasteiger partial charge in [-0.05, 0) is 66.4 Å². The van der Waals surface area contributed by atoms with E-state index < -0.39 is 0 Å². The van der Waals surface area contributed by atoms with Gasteiger partial charge in [0.05, 0.1) is 11.3 Å². The van der Waals surface area contributed by atoms with Crippen molar-refractivity contribution < 1.29 is 0 Å². The van der Waals surface area contributed by atoms with E-state index in [-0.39, 0.29) is 0 Å². The van der Waals surface area contributed by atoms with Crippen LogP contribution in [-0.4, -0.2) is 43.1 Å². The first-order chi connectivity index (χ1) is 10.7. The number of aromatic amines is 1. The molecule has 114 valence electrons. The molecule has 1 aromatic carbocycles. The molecule has 5 heteroatoms. The van der Waals surface area contributed by atoms with E-state index in [9.17, 15) is 5.26 Å². The third-order valence-electron chi connectivity index (χ3n) is 4.14. The van der Waals surface area contributed by atoms with Crippen LogP contribution in [0.15, 0.2) is 30.5 Å². The van der Waals surface area contributed by atoms with Gasteiger partial charge in [-0.25, -0.2) is 0 Å². The number of H-pyrrole nitrogens is 1. The number of rotatable bonds is 2. The highest BCUT2D eigenvalue weighted by molar-refractivity contribution is 14.1. The van der Waals surface area contributed by atoms with Gasteiger partial charge in [-0.2, -0.15) is 5.26 Å².